The van der Waals surface area contributed by atoms with Crippen molar-refractivity contribution in [3.05, 3.63) is 46.5 Å². The summed E-state index contributed by atoms with van der Waals surface area (Å²) in [6.07, 6.45) is 1.83. The van der Waals surface area contributed by atoms with Gasteiger partial charge in [-0.05, 0) is 32.4 Å². The van der Waals surface area contributed by atoms with Gasteiger partial charge in [-0.15, -0.1) is 0 Å². The number of ether oxygens (including phenoxy) is 1. The molecule has 1 aromatic heterocycles. The van der Waals surface area contributed by atoms with Crippen molar-refractivity contribution >= 4 is 0 Å². The Bertz CT molecular complexity index is 632. The van der Waals surface area contributed by atoms with Crippen LogP contribution in [0, 0.1) is 0 Å². The first-order valence-electron chi connectivity index (χ1n) is 6.96. The molecule has 0 aliphatic rings. The lowest BCUT2D eigenvalue weighted by Crippen LogP contribution is -2.11. The molecule has 20 heavy (non-hydrogen) atoms. The molecule has 0 aliphatic heterocycles. The van der Waals surface area contributed by atoms with E-state index in [9.17, 15) is 4.79 Å². The number of aromatic amines is 1. The molecular formula is C16H20N2O2. The Morgan fingerprint density at radius 3 is 2.80 bits per heavy atom. The van der Waals surface area contributed by atoms with Crippen molar-refractivity contribution in [3.63, 3.8) is 0 Å². The number of nitrogens with one attached hydrogen (secondary N) is 1. The average Bonchev–Trinajstić information content (AvgIpc) is 2.38. The van der Waals surface area contributed by atoms with Crippen molar-refractivity contribution in [1.29, 1.82) is 0 Å². The van der Waals surface area contributed by atoms with Crippen LogP contribution >= 0.6 is 0 Å². The number of hydrogen-bond donors (Lipinski definition) is 1. The SMILES string of the molecule is CCCc1nc(-c2cccc(OC(C)C)c2)cc(=O)[nH]1. The van der Waals surface area contributed by atoms with Crippen LogP contribution in [0.4, 0.5) is 0 Å². The molecule has 0 unspecified atom stereocenters. The van der Waals surface area contributed by atoms with E-state index in [1.807, 2.05) is 38.1 Å². The normalized spacial score (nSPS) is 10.8. The van der Waals surface area contributed by atoms with Crippen LogP contribution in [0.1, 0.15) is 33.0 Å². The molecule has 0 spiro atoms. The van der Waals surface area contributed by atoms with E-state index in [0.29, 0.717) is 5.69 Å². The molecule has 4 heteroatoms. The third-order valence-corrected chi connectivity index (χ3v) is 2.78. The third-order valence-electron chi connectivity index (χ3n) is 2.78. The summed E-state index contributed by atoms with van der Waals surface area (Å²) < 4.78 is 5.67. The Morgan fingerprint density at radius 2 is 2.10 bits per heavy atom. The van der Waals surface area contributed by atoms with Gasteiger partial charge in [-0.3, -0.25) is 4.79 Å². The van der Waals surface area contributed by atoms with Gasteiger partial charge in [0.15, 0.2) is 0 Å². The quantitative estimate of drug-likeness (QED) is 0.909. The highest BCUT2D eigenvalue weighted by Gasteiger charge is 2.06. The summed E-state index contributed by atoms with van der Waals surface area (Å²) in [5.74, 6) is 1.52. The van der Waals surface area contributed by atoms with Gasteiger partial charge in [-0.2, -0.15) is 0 Å². The second-order valence-corrected chi connectivity index (χ2v) is 5.02. The first kappa shape index (κ1) is 14.3. The van der Waals surface area contributed by atoms with Crippen LogP contribution in [-0.4, -0.2) is 16.1 Å². The van der Waals surface area contributed by atoms with Crippen LogP contribution in [0.15, 0.2) is 35.1 Å². The molecule has 0 saturated carbocycles. The second kappa shape index (κ2) is 6.37. The molecule has 0 saturated heterocycles. The molecule has 1 heterocycles. The largest absolute Gasteiger partial charge is 0.491 e. The maximum atomic E-state index is 11.7. The fraction of sp³-hybridized carbons (Fsp3) is 0.375. The Morgan fingerprint density at radius 1 is 1.30 bits per heavy atom. The topological polar surface area (TPSA) is 55.0 Å². The highest BCUT2D eigenvalue weighted by Crippen LogP contribution is 2.22. The fourth-order valence-corrected chi connectivity index (χ4v) is 2.01. The van der Waals surface area contributed by atoms with Crippen molar-refractivity contribution < 1.29 is 4.74 Å². The second-order valence-electron chi connectivity index (χ2n) is 5.02. The number of hydrogen-bond acceptors (Lipinski definition) is 3. The van der Waals surface area contributed by atoms with Crippen molar-refractivity contribution in [1.82, 2.24) is 9.97 Å². The molecule has 1 N–H and O–H groups in total. The van der Waals surface area contributed by atoms with Gasteiger partial charge in [-0.25, -0.2) is 4.98 Å². The molecule has 0 fully saturated rings. The molecule has 0 bridgehead atoms. The summed E-state index contributed by atoms with van der Waals surface area (Å²) in [6.45, 7) is 6.03. The van der Waals surface area contributed by atoms with Crippen LogP contribution in [-0.2, 0) is 6.42 Å². The van der Waals surface area contributed by atoms with E-state index in [2.05, 4.69) is 16.9 Å². The Balaban J connectivity index is 2.38. The molecule has 2 rings (SSSR count). The maximum absolute atomic E-state index is 11.7. The summed E-state index contributed by atoms with van der Waals surface area (Å²) >= 11 is 0. The van der Waals surface area contributed by atoms with E-state index in [1.54, 1.807) is 0 Å². The van der Waals surface area contributed by atoms with Crippen molar-refractivity contribution in [2.75, 3.05) is 0 Å². The molecular weight excluding hydrogens is 252 g/mol. The maximum Gasteiger partial charge on any atom is 0.251 e. The monoisotopic (exact) mass is 272 g/mol. The minimum atomic E-state index is -0.117. The van der Waals surface area contributed by atoms with E-state index >= 15 is 0 Å². The van der Waals surface area contributed by atoms with Crippen LogP contribution in [0.25, 0.3) is 11.3 Å². The molecule has 0 atom stereocenters. The van der Waals surface area contributed by atoms with Crippen molar-refractivity contribution in [2.45, 2.75) is 39.7 Å². The highest BCUT2D eigenvalue weighted by atomic mass is 16.5. The van der Waals surface area contributed by atoms with Crippen molar-refractivity contribution in [3.8, 4) is 17.0 Å². The van der Waals surface area contributed by atoms with E-state index in [-0.39, 0.29) is 11.7 Å². The van der Waals surface area contributed by atoms with Crippen LogP contribution in [0.2, 0.25) is 0 Å². The molecule has 4 nitrogen and oxygen atoms in total. The molecule has 106 valence electrons. The zero-order valence-corrected chi connectivity index (χ0v) is 12.1. The summed E-state index contributed by atoms with van der Waals surface area (Å²) in [5, 5.41) is 0. The van der Waals surface area contributed by atoms with Crippen LogP contribution < -0.4 is 10.3 Å². The number of nitrogens with zero attached hydrogens (tertiary/aromatic N) is 1. The summed E-state index contributed by atoms with van der Waals surface area (Å²) in [6, 6.07) is 9.19. The molecule has 2 aromatic rings. The van der Waals surface area contributed by atoms with Gasteiger partial charge in [0.1, 0.15) is 11.6 Å². The Hall–Kier alpha value is -2.10. The smallest absolute Gasteiger partial charge is 0.251 e. The molecule has 1 aromatic carbocycles. The summed E-state index contributed by atoms with van der Waals surface area (Å²) in [5.41, 5.74) is 1.46. The van der Waals surface area contributed by atoms with Crippen LogP contribution in [0.3, 0.4) is 0 Å². The first-order chi connectivity index (χ1) is 9.58. The Labute approximate surface area is 118 Å². The van der Waals surface area contributed by atoms with E-state index < -0.39 is 0 Å². The third kappa shape index (κ3) is 3.70. The number of H-pyrrole nitrogens is 1. The first-order valence-corrected chi connectivity index (χ1v) is 6.96. The lowest BCUT2D eigenvalue weighted by molar-refractivity contribution is 0.242. The highest BCUT2D eigenvalue weighted by molar-refractivity contribution is 5.60. The van der Waals surface area contributed by atoms with Gasteiger partial charge < -0.3 is 9.72 Å². The average molecular weight is 272 g/mol. The lowest BCUT2D eigenvalue weighted by Gasteiger charge is -2.11. The van der Waals surface area contributed by atoms with E-state index in [1.165, 1.54) is 6.07 Å². The van der Waals surface area contributed by atoms with Crippen molar-refractivity contribution in [2.24, 2.45) is 0 Å². The molecule has 0 radical (unpaired) electrons. The number of aromatic nitrogens is 2. The predicted molar refractivity (Wildman–Crippen MR) is 80.1 cm³/mol. The zero-order valence-electron chi connectivity index (χ0n) is 12.1. The van der Waals surface area contributed by atoms with Crippen LogP contribution in [0.5, 0.6) is 5.75 Å². The van der Waals surface area contributed by atoms with E-state index in [4.69, 9.17) is 4.74 Å². The minimum absolute atomic E-state index is 0.117. The minimum Gasteiger partial charge on any atom is -0.491 e. The zero-order chi connectivity index (χ0) is 14.5. The van der Waals surface area contributed by atoms with Gasteiger partial charge >= 0.3 is 0 Å². The summed E-state index contributed by atoms with van der Waals surface area (Å²) in [4.78, 5) is 19.0. The molecule has 0 aliphatic carbocycles. The van der Waals surface area contributed by atoms with E-state index in [0.717, 1.165) is 30.0 Å². The van der Waals surface area contributed by atoms with Gasteiger partial charge in [0.05, 0.1) is 11.8 Å². The number of rotatable bonds is 5. The fourth-order valence-electron chi connectivity index (χ4n) is 2.01. The lowest BCUT2D eigenvalue weighted by atomic mass is 10.1. The summed E-state index contributed by atoms with van der Waals surface area (Å²) in [7, 11) is 0. The predicted octanol–water partition coefficient (Wildman–Crippen LogP) is 3.18. The van der Waals surface area contributed by atoms with Gasteiger partial charge in [0.2, 0.25) is 0 Å². The molecule has 0 amide bonds. The van der Waals surface area contributed by atoms with Gasteiger partial charge in [-0.1, -0.05) is 19.1 Å². The number of aryl methyl sites for hydroxylation is 1. The van der Waals surface area contributed by atoms with Gasteiger partial charge in [0.25, 0.3) is 5.56 Å². The Kier molecular flexibility index (Phi) is 4.56. The number of benzene rings is 1. The van der Waals surface area contributed by atoms with Gasteiger partial charge in [0, 0.05) is 18.1 Å². The standard InChI is InChI=1S/C16H20N2O2/c1-4-6-15-17-14(10-16(19)18-15)12-7-5-8-13(9-12)20-11(2)3/h5,7-11H,4,6H2,1-3H3,(H,17,18,19).